The molecular weight excluding hydrogens is 443 g/mol. The highest BCUT2D eigenvalue weighted by atomic mass is 35.5. The third-order valence-electron chi connectivity index (χ3n) is 4.00. The number of rotatable bonds is 6. The molecule has 1 amide bonds. The number of nitrogens with one attached hydrogen (secondary N) is 2. The van der Waals surface area contributed by atoms with Crippen LogP contribution in [0.15, 0.2) is 71.1 Å². The van der Waals surface area contributed by atoms with Crippen LogP contribution in [0.3, 0.4) is 0 Å². The molecule has 0 bridgehead atoms. The van der Waals surface area contributed by atoms with Gasteiger partial charge in [-0.1, -0.05) is 65.4 Å². The van der Waals surface area contributed by atoms with Crippen LogP contribution in [0.5, 0.6) is 0 Å². The Hall–Kier alpha value is -3.07. The molecule has 2 aromatic carbocycles. The van der Waals surface area contributed by atoms with E-state index in [0.717, 1.165) is 5.56 Å². The lowest BCUT2D eigenvalue weighted by Crippen LogP contribution is -2.09. The van der Waals surface area contributed by atoms with Gasteiger partial charge in [-0.25, -0.2) is 9.37 Å². The number of hydrogen-bond acceptors (Lipinski definition) is 6. The van der Waals surface area contributed by atoms with E-state index in [0.29, 0.717) is 20.7 Å². The van der Waals surface area contributed by atoms with E-state index in [-0.39, 0.29) is 16.5 Å². The van der Waals surface area contributed by atoms with Crippen LogP contribution in [-0.2, 0) is 0 Å². The van der Waals surface area contributed by atoms with Crippen molar-refractivity contribution in [2.45, 2.75) is 0 Å². The first-order chi connectivity index (χ1) is 14.6. The van der Waals surface area contributed by atoms with Crippen LogP contribution in [0.1, 0.15) is 15.2 Å². The second-order valence-electron chi connectivity index (χ2n) is 6.00. The van der Waals surface area contributed by atoms with Gasteiger partial charge in [0.1, 0.15) is 16.5 Å². The highest BCUT2D eigenvalue weighted by molar-refractivity contribution is 7.20. The van der Waals surface area contributed by atoms with Crippen molar-refractivity contribution in [3.05, 3.63) is 87.3 Å². The minimum absolute atomic E-state index is 0.178. The summed E-state index contributed by atoms with van der Waals surface area (Å²) in [5, 5.41) is 10.1. The van der Waals surface area contributed by atoms with Crippen LogP contribution in [-0.4, -0.2) is 17.1 Å². The molecule has 0 unspecified atom stereocenters. The van der Waals surface area contributed by atoms with Crippen LogP contribution in [0.2, 0.25) is 5.02 Å². The molecule has 0 spiro atoms. The third-order valence-corrected chi connectivity index (χ3v) is 6.07. The van der Waals surface area contributed by atoms with E-state index in [9.17, 15) is 9.18 Å². The number of aromatic nitrogens is 1. The number of thiazole rings is 1. The molecule has 9 heteroatoms. The molecule has 0 aliphatic carbocycles. The maximum atomic E-state index is 13.9. The van der Waals surface area contributed by atoms with Crippen molar-refractivity contribution >= 4 is 56.5 Å². The van der Waals surface area contributed by atoms with Gasteiger partial charge >= 0.3 is 0 Å². The van der Waals surface area contributed by atoms with E-state index in [1.54, 1.807) is 12.1 Å². The average molecular weight is 457 g/mol. The number of anilines is 2. The lowest BCUT2D eigenvalue weighted by atomic mass is 10.2. The minimum Gasteiger partial charge on any atom is -0.311 e. The van der Waals surface area contributed by atoms with Crippen molar-refractivity contribution < 1.29 is 9.18 Å². The number of hydrazone groups is 1. The second kappa shape index (κ2) is 9.17. The average Bonchev–Trinajstić information content (AvgIpc) is 3.41. The Morgan fingerprint density at radius 1 is 1.10 bits per heavy atom. The SMILES string of the molecule is O=C(Nc1sc(N/N=C/c2c(F)cccc2Cl)nc1-c1ccccc1)c1cccs1. The van der Waals surface area contributed by atoms with Crippen LogP contribution in [0, 0.1) is 5.82 Å². The molecule has 0 aliphatic rings. The van der Waals surface area contributed by atoms with E-state index >= 15 is 0 Å². The summed E-state index contributed by atoms with van der Waals surface area (Å²) in [4.78, 5) is 17.7. The zero-order valence-electron chi connectivity index (χ0n) is 15.3. The van der Waals surface area contributed by atoms with Gasteiger partial charge in [-0.3, -0.25) is 10.2 Å². The molecule has 30 heavy (non-hydrogen) atoms. The third kappa shape index (κ3) is 4.56. The fraction of sp³-hybridized carbons (Fsp3) is 0. The summed E-state index contributed by atoms with van der Waals surface area (Å²) in [5.74, 6) is -0.680. The number of amides is 1. The molecule has 2 heterocycles. The quantitative estimate of drug-likeness (QED) is 0.262. The van der Waals surface area contributed by atoms with Gasteiger partial charge in [0, 0.05) is 11.1 Å². The number of benzene rings is 2. The highest BCUT2D eigenvalue weighted by Crippen LogP contribution is 2.36. The van der Waals surface area contributed by atoms with Gasteiger partial charge in [-0.15, -0.1) is 11.3 Å². The molecular formula is C21H14ClFN4OS2. The standard InChI is InChI=1S/C21H14ClFN4OS2/c22-15-8-4-9-16(23)14(15)12-24-27-21-25-18(13-6-2-1-3-7-13)20(30-21)26-19(28)17-10-5-11-29-17/h1-12H,(H,25,27)(H,26,28)/b24-12+. The van der Waals surface area contributed by atoms with Gasteiger partial charge in [0.05, 0.1) is 16.1 Å². The van der Waals surface area contributed by atoms with Gasteiger partial charge in [0.25, 0.3) is 5.91 Å². The molecule has 0 radical (unpaired) electrons. The van der Waals surface area contributed by atoms with Crippen molar-refractivity contribution in [1.29, 1.82) is 0 Å². The first kappa shape index (κ1) is 20.2. The maximum absolute atomic E-state index is 13.9. The number of hydrogen-bond donors (Lipinski definition) is 2. The van der Waals surface area contributed by atoms with Gasteiger partial charge in [-0.2, -0.15) is 5.10 Å². The fourth-order valence-corrected chi connectivity index (χ4v) is 4.27. The van der Waals surface area contributed by atoms with Crippen molar-refractivity contribution in [3.63, 3.8) is 0 Å². The normalized spacial score (nSPS) is 11.0. The van der Waals surface area contributed by atoms with Crippen molar-refractivity contribution in [1.82, 2.24) is 4.98 Å². The summed E-state index contributed by atoms with van der Waals surface area (Å²) in [6.45, 7) is 0. The number of halogens is 2. The summed E-state index contributed by atoms with van der Waals surface area (Å²) < 4.78 is 13.9. The largest absolute Gasteiger partial charge is 0.311 e. The number of thiophene rings is 1. The Morgan fingerprint density at radius 3 is 2.67 bits per heavy atom. The van der Waals surface area contributed by atoms with Crippen molar-refractivity contribution in [2.75, 3.05) is 10.7 Å². The minimum atomic E-state index is -0.471. The zero-order chi connectivity index (χ0) is 20.9. The lowest BCUT2D eigenvalue weighted by Gasteiger charge is -2.03. The lowest BCUT2D eigenvalue weighted by molar-refractivity contribution is 0.103. The van der Waals surface area contributed by atoms with Crippen LogP contribution in [0.25, 0.3) is 11.3 Å². The van der Waals surface area contributed by atoms with E-state index in [4.69, 9.17) is 11.6 Å². The molecule has 150 valence electrons. The van der Waals surface area contributed by atoms with Crippen LogP contribution in [0.4, 0.5) is 14.5 Å². The summed E-state index contributed by atoms with van der Waals surface area (Å²) >= 11 is 8.60. The first-order valence-electron chi connectivity index (χ1n) is 8.76. The maximum Gasteiger partial charge on any atom is 0.266 e. The molecule has 5 nitrogen and oxygen atoms in total. The number of nitrogens with zero attached hydrogens (tertiary/aromatic N) is 2. The predicted octanol–water partition coefficient (Wildman–Crippen LogP) is 6.36. The molecule has 0 saturated carbocycles. The topological polar surface area (TPSA) is 66.4 Å². The fourth-order valence-electron chi connectivity index (χ4n) is 2.60. The zero-order valence-corrected chi connectivity index (χ0v) is 17.7. The molecule has 4 aromatic rings. The molecule has 2 aromatic heterocycles. The highest BCUT2D eigenvalue weighted by Gasteiger charge is 2.17. The van der Waals surface area contributed by atoms with Crippen LogP contribution < -0.4 is 10.7 Å². The monoisotopic (exact) mass is 456 g/mol. The van der Waals surface area contributed by atoms with Gasteiger partial charge in [0.2, 0.25) is 5.13 Å². The molecule has 0 fully saturated rings. The molecule has 4 rings (SSSR count). The Balaban J connectivity index is 1.60. The summed E-state index contributed by atoms with van der Waals surface area (Å²) in [6.07, 6.45) is 1.30. The van der Waals surface area contributed by atoms with E-state index in [1.165, 1.54) is 41.0 Å². The van der Waals surface area contributed by atoms with E-state index in [1.807, 2.05) is 41.8 Å². The van der Waals surface area contributed by atoms with Crippen molar-refractivity contribution in [2.24, 2.45) is 5.10 Å². The molecule has 2 N–H and O–H groups in total. The summed E-state index contributed by atoms with van der Waals surface area (Å²) in [7, 11) is 0. The van der Waals surface area contributed by atoms with Gasteiger partial charge in [-0.05, 0) is 23.6 Å². The van der Waals surface area contributed by atoms with Gasteiger partial charge in [0.15, 0.2) is 0 Å². The van der Waals surface area contributed by atoms with Gasteiger partial charge < -0.3 is 5.32 Å². The van der Waals surface area contributed by atoms with Crippen molar-refractivity contribution in [3.8, 4) is 11.3 Å². The molecule has 0 saturated heterocycles. The summed E-state index contributed by atoms with van der Waals surface area (Å²) in [6, 6.07) is 17.5. The number of carbonyl (C=O) groups excluding carboxylic acids is 1. The Kier molecular flexibility index (Phi) is 6.18. The number of carbonyl (C=O) groups is 1. The Labute approximate surface area is 184 Å². The Bertz CT molecular complexity index is 1170. The smallest absolute Gasteiger partial charge is 0.266 e. The van der Waals surface area contributed by atoms with E-state index in [2.05, 4.69) is 20.8 Å². The van der Waals surface area contributed by atoms with Crippen LogP contribution >= 0.6 is 34.3 Å². The molecule has 0 aliphatic heterocycles. The summed E-state index contributed by atoms with van der Waals surface area (Å²) in [5.41, 5.74) is 4.44. The second-order valence-corrected chi connectivity index (χ2v) is 8.35. The first-order valence-corrected chi connectivity index (χ1v) is 10.8. The Morgan fingerprint density at radius 2 is 1.93 bits per heavy atom. The molecule has 0 atom stereocenters. The predicted molar refractivity (Wildman–Crippen MR) is 122 cm³/mol. The van der Waals surface area contributed by atoms with E-state index < -0.39 is 5.82 Å².